The van der Waals surface area contributed by atoms with Gasteiger partial charge in [-0.15, -0.1) is 0 Å². The fraction of sp³-hybridized carbons (Fsp3) is 0.120. The molecule has 1 aromatic heterocycles. The molecule has 0 atom stereocenters. The highest BCUT2D eigenvalue weighted by molar-refractivity contribution is 5.99. The average molecular weight is 448 g/mol. The average Bonchev–Trinajstić information content (AvgIpc) is 3.17. The van der Waals surface area contributed by atoms with Gasteiger partial charge in [0.1, 0.15) is 29.5 Å². The summed E-state index contributed by atoms with van der Waals surface area (Å²) in [5.74, 6) is -0.518. The van der Waals surface area contributed by atoms with Crippen molar-refractivity contribution in [1.82, 2.24) is 10.9 Å². The van der Waals surface area contributed by atoms with E-state index in [0.717, 1.165) is 5.56 Å². The highest BCUT2D eigenvalue weighted by atomic mass is 19.1. The van der Waals surface area contributed by atoms with Crippen LogP contribution in [0.25, 0.3) is 11.0 Å². The van der Waals surface area contributed by atoms with Crippen molar-refractivity contribution < 1.29 is 27.9 Å². The van der Waals surface area contributed by atoms with Crippen molar-refractivity contribution in [2.24, 2.45) is 0 Å². The minimum absolute atomic E-state index is 0.0112. The fourth-order valence-corrected chi connectivity index (χ4v) is 3.15. The second-order valence-electron chi connectivity index (χ2n) is 7.23. The molecule has 2 amide bonds. The molecule has 0 unspecified atom stereocenters. The number of aryl methyl sites for hydroxylation is 1. The van der Waals surface area contributed by atoms with E-state index in [1.54, 1.807) is 31.2 Å². The number of halogens is 1. The maximum atomic E-state index is 13.4. The number of hydrogen-bond acceptors (Lipinski definition) is 5. The summed E-state index contributed by atoms with van der Waals surface area (Å²) in [7, 11) is 0. The molecule has 0 bridgehead atoms. The van der Waals surface area contributed by atoms with E-state index in [1.807, 2.05) is 30.3 Å². The molecule has 0 aliphatic heterocycles. The summed E-state index contributed by atoms with van der Waals surface area (Å²) in [4.78, 5) is 24.4. The second kappa shape index (κ2) is 9.86. The zero-order chi connectivity index (χ0) is 23.2. The number of carbonyl (C=O) groups is 2. The first kappa shape index (κ1) is 21.9. The van der Waals surface area contributed by atoms with Crippen molar-refractivity contribution >= 4 is 22.8 Å². The van der Waals surface area contributed by atoms with Gasteiger partial charge in [-0.3, -0.25) is 20.4 Å². The number of nitrogens with one attached hydrogen (secondary N) is 2. The van der Waals surface area contributed by atoms with Gasteiger partial charge in [-0.25, -0.2) is 4.39 Å². The van der Waals surface area contributed by atoms with Crippen LogP contribution in [0.15, 0.2) is 77.2 Å². The van der Waals surface area contributed by atoms with Gasteiger partial charge in [-0.2, -0.15) is 0 Å². The van der Waals surface area contributed by atoms with Crippen LogP contribution in [0.3, 0.4) is 0 Å². The summed E-state index contributed by atoms with van der Waals surface area (Å²) < 4.78 is 30.0. The van der Waals surface area contributed by atoms with Gasteiger partial charge < -0.3 is 13.9 Å². The summed E-state index contributed by atoms with van der Waals surface area (Å²) in [5.41, 5.74) is 6.44. The van der Waals surface area contributed by atoms with Gasteiger partial charge in [0, 0.05) is 10.9 Å². The number of amides is 2. The smallest absolute Gasteiger partial charge is 0.305 e. The van der Waals surface area contributed by atoms with E-state index in [0.29, 0.717) is 34.6 Å². The maximum Gasteiger partial charge on any atom is 0.305 e. The molecule has 2 N–H and O–H groups in total. The van der Waals surface area contributed by atoms with Crippen molar-refractivity contribution in [3.8, 4) is 11.5 Å². The Balaban J connectivity index is 1.24. The molecule has 0 spiro atoms. The van der Waals surface area contributed by atoms with Gasteiger partial charge in [0.25, 0.3) is 5.91 Å². The molecule has 4 rings (SSSR count). The number of furan rings is 1. The van der Waals surface area contributed by atoms with Crippen LogP contribution in [0.4, 0.5) is 4.39 Å². The second-order valence-corrected chi connectivity index (χ2v) is 7.23. The van der Waals surface area contributed by atoms with Gasteiger partial charge in [-0.05, 0) is 55.0 Å². The largest absolute Gasteiger partial charge is 0.489 e. The Bertz CT molecular complexity index is 1270. The van der Waals surface area contributed by atoms with Crippen LogP contribution in [0.2, 0.25) is 0 Å². The van der Waals surface area contributed by atoms with Gasteiger partial charge in [0.05, 0.1) is 0 Å². The lowest BCUT2D eigenvalue weighted by Gasteiger charge is -2.10. The monoisotopic (exact) mass is 448 g/mol. The zero-order valence-corrected chi connectivity index (χ0v) is 17.8. The SMILES string of the molecule is Cc1c(C(=O)NNC(=O)COc2ccc(OCc3ccccc3)cc2)oc2ccc(F)cc12. The first-order valence-electron chi connectivity index (χ1n) is 10.2. The first-order valence-corrected chi connectivity index (χ1v) is 10.2. The van der Waals surface area contributed by atoms with Crippen LogP contribution in [0.1, 0.15) is 21.7 Å². The molecule has 0 saturated carbocycles. The molecular weight excluding hydrogens is 427 g/mol. The summed E-state index contributed by atoms with van der Waals surface area (Å²) >= 11 is 0. The van der Waals surface area contributed by atoms with Crippen molar-refractivity contribution in [1.29, 1.82) is 0 Å². The molecular formula is C25H21FN2O5. The molecule has 7 nitrogen and oxygen atoms in total. The number of benzene rings is 3. The number of hydrogen-bond donors (Lipinski definition) is 2. The van der Waals surface area contributed by atoms with Crippen molar-refractivity contribution in [3.63, 3.8) is 0 Å². The summed E-state index contributed by atoms with van der Waals surface area (Å²) in [6, 6.07) is 20.6. The van der Waals surface area contributed by atoms with E-state index in [1.165, 1.54) is 18.2 Å². The fourth-order valence-electron chi connectivity index (χ4n) is 3.15. The van der Waals surface area contributed by atoms with E-state index in [2.05, 4.69) is 10.9 Å². The Morgan fingerprint density at radius 1 is 0.909 bits per heavy atom. The molecule has 8 heteroatoms. The van der Waals surface area contributed by atoms with Crippen LogP contribution in [0, 0.1) is 12.7 Å². The van der Waals surface area contributed by atoms with Crippen LogP contribution < -0.4 is 20.3 Å². The lowest BCUT2D eigenvalue weighted by atomic mass is 10.1. The molecule has 33 heavy (non-hydrogen) atoms. The summed E-state index contributed by atoms with van der Waals surface area (Å²) in [6.45, 7) is 1.77. The van der Waals surface area contributed by atoms with Crippen molar-refractivity contribution in [2.45, 2.75) is 13.5 Å². The summed E-state index contributed by atoms with van der Waals surface area (Å²) in [6.07, 6.45) is 0. The Hall–Kier alpha value is -4.33. The highest BCUT2D eigenvalue weighted by Gasteiger charge is 2.18. The lowest BCUT2D eigenvalue weighted by Crippen LogP contribution is -2.43. The lowest BCUT2D eigenvalue weighted by molar-refractivity contribution is -0.123. The predicted molar refractivity (Wildman–Crippen MR) is 119 cm³/mol. The minimum Gasteiger partial charge on any atom is -0.489 e. The Kier molecular flexibility index (Phi) is 6.54. The predicted octanol–water partition coefficient (Wildman–Crippen LogP) is 4.30. The van der Waals surface area contributed by atoms with E-state index in [-0.39, 0.29) is 12.4 Å². The molecule has 0 saturated heterocycles. The van der Waals surface area contributed by atoms with E-state index < -0.39 is 17.6 Å². The van der Waals surface area contributed by atoms with Gasteiger partial charge in [-0.1, -0.05) is 30.3 Å². The van der Waals surface area contributed by atoms with Crippen LogP contribution in [0.5, 0.6) is 11.5 Å². The van der Waals surface area contributed by atoms with Gasteiger partial charge in [0.15, 0.2) is 12.4 Å². The molecule has 168 valence electrons. The first-order chi connectivity index (χ1) is 16.0. The maximum absolute atomic E-state index is 13.4. The molecule has 3 aromatic carbocycles. The molecule has 0 aliphatic carbocycles. The summed E-state index contributed by atoms with van der Waals surface area (Å²) in [5, 5.41) is 0.492. The number of hydrazine groups is 1. The number of fused-ring (bicyclic) bond motifs is 1. The zero-order valence-electron chi connectivity index (χ0n) is 17.8. The quantitative estimate of drug-likeness (QED) is 0.412. The molecule has 0 radical (unpaired) electrons. The molecule has 0 fully saturated rings. The molecule has 4 aromatic rings. The third-order valence-electron chi connectivity index (χ3n) is 4.86. The van der Waals surface area contributed by atoms with Crippen LogP contribution in [-0.2, 0) is 11.4 Å². The van der Waals surface area contributed by atoms with E-state index in [4.69, 9.17) is 13.9 Å². The normalized spacial score (nSPS) is 10.6. The minimum atomic E-state index is -0.655. The Morgan fingerprint density at radius 2 is 1.61 bits per heavy atom. The van der Waals surface area contributed by atoms with E-state index in [9.17, 15) is 14.0 Å². The van der Waals surface area contributed by atoms with E-state index >= 15 is 0 Å². The van der Waals surface area contributed by atoms with Crippen LogP contribution in [-0.4, -0.2) is 18.4 Å². The number of rotatable bonds is 7. The number of ether oxygens (including phenoxy) is 2. The standard InChI is InChI=1S/C25H21FN2O5/c1-16-21-13-18(26)7-12-22(21)33-24(16)25(30)28-27-23(29)15-32-20-10-8-19(9-11-20)31-14-17-5-3-2-4-6-17/h2-13H,14-15H2,1H3,(H,27,29)(H,28,30). The van der Waals surface area contributed by atoms with Gasteiger partial charge in [0.2, 0.25) is 0 Å². The van der Waals surface area contributed by atoms with Crippen molar-refractivity contribution in [3.05, 3.63) is 95.5 Å². The third kappa shape index (κ3) is 5.48. The number of carbonyl (C=O) groups excluding carboxylic acids is 2. The van der Waals surface area contributed by atoms with Gasteiger partial charge >= 0.3 is 5.91 Å². The molecule has 1 heterocycles. The topological polar surface area (TPSA) is 89.8 Å². The Morgan fingerprint density at radius 3 is 2.33 bits per heavy atom. The highest BCUT2D eigenvalue weighted by Crippen LogP contribution is 2.25. The molecule has 0 aliphatic rings. The third-order valence-corrected chi connectivity index (χ3v) is 4.86. The van der Waals surface area contributed by atoms with Crippen LogP contribution >= 0.6 is 0 Å². The van der Waals surface area contributed by atoms with Crippen molar-refractivity contribution in [2.75, 3.05) is 6.61 Å². The Labute approximate surface area is 189 Å².